The van der Waals surface area contributed by atoms with Crippen molar-refractivity contribution in [3.05, 3.63) is 47.0 Å². The van der Waals surface area contributed by atoms with E-state index in [-0.39, 0.29) is 24.9 Å². The summed E-state index contributed by atoms with van der Waals surface area (Å²) in [5.41, 5.74) is 1.53. The quantitative estimate of drug-likeness (QED) is 0.859. The van der Waals surface area contributed by atoms with E-state index in [1.54, 1.807) is 25.3 Å². The van der Waals surface area contributed by atoms with Gasteiger partial charge in [-0.3, -0.25) is 4.79 Å². The summed E-state index contributed by atoms with van der Waals surface area (Å²) in [6, 6.07) is 5.34. The number of esters is 1. The molecule has 2 rings (SSSR count). The lowest BCUT2D eigenvalue weighted by Crippen LogP contribution is -2.22. The minimum Gasteiger partial charge on any atom is -0.460 e. The Morgan fingerprint density at radius 2 is 2.18 bits per heavy atom. The van der Waals surface area contributed by atoms with Crippen LogP contribution >= 0.6 is 11.6 Å². The summed E-state index contributed by atoms with van der Waals surface area (Å²) < 4.78 is 6.31. The number of nitrogens with zero attached hydrogens (tertiary/aromatic N) is 2. The molecule has 6 nitrogen and oxygen atoms in total. The Balaban J connectivity index is 2.06. The maximum Gasteiger partial charge on any atom is 0.374 e. The van der Waals surface area contributed by atoms with Gasteiger partial charge in [0.05, 0.1) is 17.3 Å². The van der Waals surface area contributed by atoms with Crippen LogP contribution < -0.4 is 5.32 Å². The molecule has 116 valence electrons. The van der Waals surface area contributed by atoms with E-state index in [0.29, 0.717) is 10.7 Å². The Labute approximate surface area is 133 Å². The normalized spacial score (nSPS) is 10.3. The smallest absolute Gasteiger partial charge is 0.374 e. The van der Waals surface area contributed by atoms with Gasteiger partial charge in [0.15, 0.2) is 0 Å². The summed E-state index contributed by atoms with van der Waals surface area (Å²) >= 11 is 6.07. The van der Waals surface area contributed by atoms with Gasteiger partial charge in [-0.15, -0.1) is 0 Å². The number of benzene rings is 1. The average Bonchev–Trinajstić information content (AvgIpc) is 2.90. The van der Waals surface area contributed by atoms with Crippen LogP contribution in [0.4, 0.5) is 5.69 Å². The third-order valence-corrected chi connectivity index (χ3v) is 3.20. The number of ether oxygens (including phenoxy) is 1. The van der Waals surface area contributed by atoms with E-state index in [1.165, 1.54) is 10.8 Å². The molecule has 1 amide bonds. The number of nitrogens with one attached hydrogen (secondary N) is 1. The average molecular weight is 322 g/mol. The molecule has 22 heavy (non-hydrogen) atoms. The molecule has 1 aromatic heterocycles. The Kier molecular flexibility index (Phi) is 5.16. The lowest BCUT2D eigenvalue weighted by molar-refractivity contribution is -0.116. The van der Waals surface area contributed by atoms with Crippen molar-refractivity contribution in [1.82, 2.24) is 9.55 Å². The van der Waals surface area contributed by atoms with Gasteiger partial charge in [0.1, 0.15) is 6.54 Å². The number of anilines is 1. The number of aryl methyl sites for hydroxylation is 1. The molecule has 1 heterocycles. The first kappa shape index (κ1) is 16.0. The van der Waals surface area contributed by atoms with Crippen LogP contribution in [0.15, 0.2) is 30.6 Å². The van der Waals surface area contributed by atoms with Crippen molar-refractivity contribution >= 4 is 29.2 Å². The summed E-state index contributed by atoms with van der Waals surface area (Å²) in [5, 5.41) is 3.16. The number of hydrogen-bond donors (Lipinski definition) is 1. The zero-order valence-electron chi connectivity index (χ0n) is 12.3. The summed E-state index contributed by atoms with van der Waals surface area (Å²) in [6.07, 6.45) is 2.99. The summed E-state index contributed by atoms with van der Waals surface area (Å²) in [4.78, 5) is 27.7. The second kappa shape index (κ2) is 7.09. The highest BCUT2D eigenvalue weighted by Crippen LogP contribution is 2.22. The second-order valence-corrected chi connectivity index (χ2v) is 5.04. The zero-order chi connectivity index (χ0) is 16.1. The molecule has 0 aliphatic heterocycles. The number of carbonyl (C=O) groups is 2. The van der Waals surface area contributed by atoms with Crippen molar-refractivity contribution in [3.8, 4) is 0 Å². The second-order valence-electron chi connectivity index (χ2n) is 4.63. The van der Waals surface area contributed by atoms with Crippen molar-refractivity contribution in [2.24, 2.45) is 0 Å². The Morgan fingerprint density at radius 1 is 1.41 bits per heavy atom. The predicted octanol–water partition coefficient (Wildman–Crippen LogP) is 2.66. The van der Waals surface area contributed by atoms with E-state index in [0.717, 1.165) is 5.56 Å². The van der Waals surface area contributed by atoms with Crippen LogP contribution in [-0.4, -0.2) is 28.0 Å². The maximum absolute atomic E-state index is 12.1. The highest BCUT2D eigenvalue weighted by atomic mass is 35.5. The number of carbonyl (C=O) groups excluding carboxylic acids is 2. The van der Waals surface area contributed by atoms with Crippen LogP contribution in [0.3, 0.4) is 0 Å². The van der Waals surface area contributed by atoms with Crippen molar-refractivity contribution in [3.63, 3.8) is 0 Å². The Morgan fingerprint density at radius 3 is 2.86 bits per heavy atom. The van der Waals surface area contributed by atoms with Crippen LogP contribution in [-0.2, 0) is 16.1 Å². The summed E-state index contributed by atoms with van der Waals surface area (Å²) in [5.74, 6) is -0.782. The monoisotopic (exact) mass is 321 g/mol. The molecule has 0 atom stereocenters. The molecule has 0 aliphatic carbocycles. The fraction of sp³-hybridized carbons (Fsp3) is 0.267. The van der Waals surface area contributed by atoms with Crippen molar-refractivity contribution in [1.29, 1.82) is 0 Å². The first-order valence-corrected chi connectivity index (χ1v) is 7.13. The highest BCUT2D eigenvalue weighted by molar-refractivity contribution is 6.33. The van der Waals surface area contributed by atoms with E-state index in [9.17, 15) is 9.59 Å². The molecule has 2 aromatic rings. The Hall–Kier alpha value is -2.34. The zero-order valence-corrected chi connectivity index (χ0v) is 13.1. The van der Waals surface area contributed by atoms with Gasteiger partial charge in [0.2, 0.25) is 11.7 Å². The fourth-order valence-corrected chi connectivity index (χ4v) is 2.17. The van der Waals surface area contributed by atoms with Gasteiger partial charge in [0, 0.05) is 12.4 Å². The maximum atomic E-state index is 12.1. The van der Waals surface area contributed by atoms with Gasteiger partial charge < -0.3 is 14.6 Å². The minimum absolute atomic E-state index is 0.0572. The highest BCUT2D eigenvalue weighted by Gasteiger charge is 2.16. The third kappa shape index (κ3) is 3.85. The molecule has 0 bridgehead atoms. The van der Waals surface area contributed by atoms with E-state index >= 15 is 0 Å². The number of hydrogen-bond acceptors (Lipinski definition) is 4. The molecule has 0 aliphatic rings. The first-order chi connectivity index (χ1) is 10.5. The van der Waals surface area contributed by atoms with Gasteiger partial charge in [-0.05, 0) is 31.5 Å². The van der Waals surface area contributed by atoms with E-state index in [4.69, 9.17) is 16.3 Å². The number of amides is 1. The molecule has 0 fully saturated rings. The van der Waals surface area contributed by atoms with Crippen molar-refractivity contribution in [2.75, 3.05) is 11.9 Å². The van der Waals surface area contributed by atoms with E-state index < -0.39 is 5.97 Å². The molecule has 0 saturated heterocycles. The number of aromatic nitrogens is 2. The van der Waals surface area contributed by atoms with Crippen molar-refractivity contribution in [2.45, 2.75) is 20.4 Å². The van der Waals surface area contributed by atoms with Crippen molar-refractivity contribution < 1.29 is 14.3 Å². The summed E-state index contributed by atoms with van der Waals surface area (Å²) in [7, 11) is 0. The largest absolute Gasteiger partial charge is 0.460 e. The third-order valence-electron chi connectivity index (χ3n) is 2.89. The molecule has 0 spiro atoms. The standard InChI is InChI=1S/C15H16ClN3O3/c1-3-22-15(21)14-17-6-7-19(14)9-13(20)18-12-5-4-10(2)8-11(12)16/h4-8H,3,9H2,1-2H3,(H,18,20). The van der Waals surface area contributed by atoms with Crippen LogP contribution in [0.2, 0.25) is 5.02 Å². The van der Waals surface area contributed by atoms with Gasteiger partial charge in [-0.1, -0.05) is 17.7 Å². The van der Waals surface area contributed by atoms with E-state index in [1.807, 2.05) is 13.0 Å². The number of rotatable bonds is 5. The van der Waals surface area contributed by atoms with Gasteiger partial charge in [-0.2, -0.15) is 0 Å². The molecule has 7 heteroatoms. The van der Waals surface area contributed by atoms with Gasteiger partial charge in [0.25, 0.3) is 0 Å². The predicted molar refractivity (Wildman–Crippen MR) is 83.0 cm³/mol. The first-order valence-electron chi connectivity index (χ1n) is 6.75. The molecule has 0 unspecified atom stereocenters. The van der Waals surface area contributed by atoms with E-state index in [2.05, 4.69) is 10.3 Å². The minimum atomic E-state index is -0.561. The van der Waals surface area contributed by atoms with Gasteiger partial charge in [-0.25, -0.2) is 9.78 Å². The topological polar surface area (TPSA) is 73.2 Å². The number of imidazole rings is 1. The molecule has 0 saturated carbocycles. The number of halogens is 1. The molecular weight excluding hydrogens is 306 g/mol. The Bertz CT molecular complexity index is 697. The lowest BCUT2D eigenvalue weighted by Gasteiger charge is -2.10. The molecular formula is C15H16ClN3O3. The SMILES string of the molecule is CCOC(=O)c1nccn1CC(=O)Nc1ccc(C)cc1Cl. The lowest BCUT2D eigenvalue weighted by atomic mass is 10.2. The molecule has 1 N–H and O–H groups in total. The van der Waals surface area contributed by atoms with Crippen LogP contribution in [0.25, 0.3) is 0 Å². The van der Waals surface area contributed by atoms with Crippen LogP contribution in [0.5, 0.6) is 0 Å². The summed E-state index contributed by atoms with van der Waals surface area (Å²) in [6.45, 7) is 3.81. The molecule has 1 aromatic carbocycles. The molecule has 0 radical (unpaired) electrons. The van der Waals surface area contributed by atoms with Crippen LogP contribution in [0.1, 0.15) is 23.1 Å². The fourth-order valence-electron chi connectivity index (χ4n) is 1.89. The van der Waals surface area contributed by atoms with Crippen LogP contribution in [0, 0.1) is 6.92 Å². The van der Waals surface area contributed by atoms with Gasteiger partial charge >= 0.3 is 5.97 Å².